The highest BCUT2D eigenvalue weighted by atomic mass is 16.7. The maximum absolute atomic E-state index is 11.5. The summed E-state index contributed by atoms with van der Waals surface area (Å²) in [6, 6.07) is 0. The predicted octanol–water partition coefficient (Wildman–Crippen LogP) is 4.05. The highest BCUT2D eigenvalue weighted by molar-refractivity contribution is 5.60. The summed E-state index contributed by atoms with van der Waals surface area (Å²) in [7, 11) is 0. The zero-order valence-corrected chi connectivity index (χ0v) is 10.7. The summed E-state index contributed by atoms with van der Waals surface area (Å²) in [4.78, 5) is 11.5. The summed E-state index contributed by atoms with van der Waals surface area (Å²) in [5.41, 5.74) is 0. The molecular weight excluding hydrogens is 216 g/mol. The van der Waals surface area contributed by atoms with Crippen molar-refractivity contribution in [1.29, 1.82) is 0 Å². The van der Waals surface area contributed by atoms with Crippen molar-refractivity contribution in [3.63, 3.8) is 0 Å². The maximum Gasteiger partial charge on any atom is 0.508 e. The van der Waals surface area contributed by atoms with Crippen LogP contribution in [0.15, 0.2) is 0 Å². The fraction of sp³-hybridized carbons (Fsp3) is 0.929. The third-order valence-corrected chi connectivity index (χ3v) is 3.98. The average molecular weight is 240 g/mol. The third kappa shape index (κ3) is 4.57. The number of rotatable bonds is 3. The van der Waals surface area contributed by atoms with E-state index >= 15 is 0 Å². The van der Waals surface area contributed by atoms with E-state index in [1.54, 1.807) is 0 Å². The molecule has 98 valence electrons. The molecule has 3 nitrogen and oxygen atoms in total. The first-order chi connectivity index (χ1) is 8.34. The van der Waals surface area contributed by atoms with Gasteiger partial charge in [-0.05, 0) is 44.4 Å². The van der Waals surface area contributed by atoms with Crippen LogP contribution in [0.1, 0.15) is 64.2 Å². The second-order valence-electron chi connectivity index (χ2n) is 5.44. The summed E-state index contributed by atoms with van der Waals surface area (Å²) in [6.45, 7) is 0.561. The zero-order chi connectivity index (χ0) is 11.9. The Morgan fingerprint density at radius 1 is 0.882 bits per heavy atom. The monoisotopic (exact) mass is 240 g/mol. The molecule has 0 radical (unpaired) electrons. The highest BCUT2D eigenvalue weighted by Crippen LogP contribution is 2.24. The summed E-state index contributed by atoms with van der Waals surface area (Å²) in [5, 5.41) is 0. The van der Waals surface area contributed by atoms with E-state index in [0.29, 0.717) is 12.5 Å². The van der Waals surface area contributed by atoms with Crippen LogP contribution in [0.25, 0.3) is 0 Å². The lowest BCUT2D eigenvalue weighted by Gasteiger charge is -2.23. The van der Waals surface area contributed by atoms with E-state index < -0.39 is 6.16 Å². The van der Waals surface area contributed by atoms with Crippen LogP contribution in [0, 0.1) is 5.92 Å². The van der Waals surface area contributed by atoms with Gasteiger partial charge < -0.3 is 9.47 Å². The minimum absolute atomic E-state index is 0.114. The molecule has 0 saturated heterocycles. The molecule has 0 aromatic carbocycles. The standard InChI is InChI=1S/C14H24O3/c15-14(17-13-9-5-2-6-10-13)16-11-12-7-3-1-4-8-12/h12-13H,1-11H2. The van der Waals surface area contributed by atoms with Crippen molar-refractivity contribution in [2.75, 3.05) is 6.61 Å². The van der Waals surface area contributed by atoms with Gasteiger partial charge in [0.1, 0.15) is 6.10 Å². The minimum Gasteiger partial charge on any atom is -0.434 e. The molecule has 0 spiro atoms. The van der Waals surface area contributed by atoms with Crippen LogP contribution < -0.4 is 0 Å². The van der Waals surface area contributed by atoms with E-state index in [1.165, 1.54) is 51.4 Å². The first kappa shape index (κ1) is 12.7. The Hall–Kier alpha value is -0.730. The molecule has 0 unspecified atom stereocenters. The zero-order valence-electron chi connectivity index (χ0n) is 10.7. The van der Waals surface area contributed by atoms with Crippen LogP contribution in [0.5, 0.6) is 0 Å². The largest absolute Gasteiger partial charge is 0.508 e. The Kier molecular flexibility index (Phi) is 5.14. The topological polar surface area (TPSA) is 35.5 Å². The van der Waals surface area contributed by atoms with Crippen molar-refractivity contribution in [3.05, 3.63) is 0 Å². The van der Waals surface area contributed by atoms with Crippen molar-refractivity contribution in [2.24, 2.45) is 5.92 Å². The van der Waals surface area contributed by atoms with E-state index in [-0.39, 0.29) is 6.10 Å². The van der Waals surface area contributed by atoms with E-state index in [1.807, 2.05) is 0 Å². The second-order valence-corrected chi connectivity index (χ2v) is 5.44. The van der Waals surface area contributed by atoms with Crippen molar-refractivity contribution in [3.8, 4) is 0 Å². The van der Waals surface area contributed by atoms with Crippen LogP contribution >= 0.6 is 0 Å². The van der Waals surface area contributed by atoms with Gasteiger partial charge in [-0.15, -0.1) is 0 Å². The highest BCUT2D eigenvalue weighted by Gasteiger charge is 2.20. The van der Waals surface area contributed by atoms with Crippen LogP contribution in [0.4, 0.5) is 4.79 Å². The average Bonchev–Trinajstić information content (AvgIpc) is 2.39. The van der Waals surface area contributed by atoms with Crippen LogP contribution in [-0.4, -0.2) is 18.9 Å². The predicted molar refractivity (Wildman–Crippen MR) is 65.9 cm³/mol. The molecule has 0 aliphatic heterocycles. The van der Waals surface area contributed by atoms with Gasteiger partial charge in [0.2, 0.25) is 0 Å². The molecule has 17 heavy (non-hydrogen) atoms. The Labute approximate surface area is 104 Å². The smallest absolute Gasteiger partial charge is 0.434 e. The number of hydrogen-bond acceptors (Lipinski definition) is 3. The van der Waals surface area contributed by atoms with Crippen molar-refractivity contribution in [2.45, 2.75) is 70.3 Å². The quantitative estimate of drug-likeness (QED) is 0.698. The van der Waals surface area contributed by atoms with Gasteiger partial charge in [0.25, 0.3) is 0 Å². The molecule has 0 heterocycles. The van der Waals surface area contributed by atoms with Gasteiger partial charge in [-0.1, -0.05) is 25.7 Å². The van der Waals surface area contributed by atoms with Crippen molar-refractivity contribution >= 4 is 6.16 Å². The number of hydrogen-bond donors (Lipinski definition) is 0. The molecule has 0 bridgehead atoms. The normalized spacial score (nSPS) is 23.3. The molecule has 2 aliphatic rings. The van der Waals surface area contributed by atoms with Crippen LogP contribution in [0.3, 0.4) is 0 Å². The molecule has 0 atom stereocenters. The lowest BCUT2D eigenvalue weighted by atomic mass is 9.90. The van der Waals surface area contributed by atoms with E-state index in [4.69, 9.17) is 9.47 Å². The van der Waals surface area contributed by atoms with Gasteiger partial charge in [0.05, 0.1) is 6.61 Å². The maximum atomic E-state index is 11.5. The van der Waals surface area contributed by atoms with Gasteiger partial charge in [-0.2, -0.15) is 0 Å². The fourth-order valence-electron chi connectivity index (χ4n) is 2.89. The summed E-state index contributed by atoms with van der Waals surface area (Å²) < 4.78 is 10.5. The molecule has 0 aromatic heterocycles. The number of carbonyl (C=O) groups is 1. The molecular formula is C14H24O3. The van der Waals surface area contributed by atoms with E-state index in [2.05, 4.69) is 0 Å². The summed E-state index contributed by atoms with van der Waals surface area (Å²) in [6.07, 6.45) is 11.6. The molecule has 3 heteroatoms. The SMILES string of the molecule is O=C(OCC1CCCCC1)OC1CCCCC1. The summed E-state index contributed by atoms with van der Waals surface area (Å²) >= 11 is 0. The Morgan fingerprint density at radius 2 is 1.47 bits per heavy atom. The van der Waals surface area contributed by atoms with Crippen molar-refractivity contribution in [1.82, 2.24) is 0 Å². The Balaban J connectivity index is 1.59. The lowest BCUT2D eigenvalue weighted by Crippen LogP contribution is -2.23. The summed E-state index contributed by atoms with van der Waals surface area (Å²) in [5.74, 6) is 0.572. The minimum atomic E-state index is -0.442. The third-order valence-electron chi connectivity index (χ3n) is 3.98. The Bertz CT molecular complexity index is 228. The number of ether oxygens (including phenoxy) is 2. The Morgan fingerprint density at radius 3 is 2.12 bits per heavy atom. The van der Waals surface area contributed by atoms with Gasteiger partial charge >= 0.3 is 6.16 Å². The number of carbonyl (C=O) groups excluding carboxylic acids is 1. The van der Waals surface area contributed by atoms with E-state index in [9.17, 15) is 4.79 Å². The van der Waals surface area contributed by atoms with Crippen molar-refractivity contribution < 1.29 is 14.3 Å². The van der Waals surface area contributed by atoms with Gasteiger partial charge in [-0.3, -0.25) is 0 Å². The lowest BCUT2D eigenvalue weighted by molar-refractivity contribution is 0.00177. The second kappa shape index (κ2) is 6.87. The first-order valence-electron chi connectivity index (χ1n) is 7.18. The molecule has 2 rings (SSSR count). The molecule has 0 aromatic rings. The van der Waals surface area contributed by atoms with Crippen LogP contribution in [-0.2, 0) is 9.47 Å². The van der Waals surface area contributed by atoms with E-state index in [0.717, 1.165) is 12.8 Å². The first-order valence-corrected chi connectivity index (χ1v) is 7.18. The van der Waals surface area contributed by atoms with Gasteiger partial charge in [-0.25, -0.2) is 4.79 Å². The van der Waals surface area contributed by atoms with Crippen LogP contribution in [0.2, 0.25) is 0 Å². The molecule has 2 saturated carbocycles. The molecule has 0 amide bonds. The molecule has 2 fully saturated rings. The van der Waals surface area contributed by atoms with Gasteiger partial charge in [0, 0.05) is 0 Å². The fourth-order valence-corrected chi connectivity index (χ4v) is 2.89. The molecule has 0 N–H and O–H groups in total. The van der Waals surface area contributed by atoms with Gasteiger partial charge in [0.15, 0.2) is 0 Å². The molecule has 2 aliphatic carbocycles.